The Morgan fingerprint density at radius 1 is 0.600 bits per heavy atom. The van der Waals surface area contributed by atoms with Crippen molar-refractivity contribution in [1.29, 1.82) is 0 Å². The fraction of sp³-hybridized carbons (Fsp3) is 0.0833. The van der Waals surface area contributed by atoms with Crippen molar-refractivity contribution in [2.24, 2.45) is 0 Å². The first-order valence-corrected chi connectivity index (χ1v) is 11.2. The van der Waals surface area contributed by atoms with Gasteiger partial charge in [-0.1, -0.05) is 91.0 Å². The Morgan fingerprint density at radius 3 is 1.27 bits per heavy atom. The quantitative estimate of drug-likeness (QED) is 0.432. The molecule has 3 aromatic carbocycles. The lowest BCUT2D eigenvalue weighted by Gasteiger charge is -2.30. The molecule has 0 aliphatic rings. The van der Waals surface area contributed by atoms with Gasteiger partial charge in [-0.05, 0) is 22.8 Å². The molecule has 2 N–H and O–H groups in total. The molecule has 5 nitrogen and oxygen atoms in total. The monoisotopic (exact) mass is 420 g/mol. The van der Waals surface area contributed by atoms with Crippen LogP contribution in [0.5, 0.6) is 0 Å². The van der Waals surface area contributed by atoms with E-state index in [0.29, 0.717) is 0 Å². The molecule has 0 aromatic heterocycles. The smallest absolute Gasteiger partial charge is 0.340 e. The molecule has 30 heavy (non-hydrogen) atoms. The molecule has 152 valence electrons. The number of hydrogen-bond donors (Lipinski definition) is 2. The summed E-state index contributed by atoms with van der Waals surface area (Å²) in [5.41, 5.74) is 0. The Labute approximate surface area is 174 Å². The molecular formula is C24H21O5P. The molecule has 0 radical (unpaired) electrons. The second-order valence-electron chi connectivity index (χ2n) is 6.65. The largest absolute Gasteiger partial charge is 0.481 e. The minimum Gasteiger partial charge on any atom is -0.481 e. The van der Waals surface area contributed by atoms with Crippen molar-refractivity contribution >= 4 is 45.8 Å². The summed E-state index contributed by atoms with van der Waals surface area (Å²) in [6.45, 7) is -3.06. The van der Waals surface area contributed by atoms with E-state index in [2.05, 4.69) is 0 Å². The number of benzene rings is 3. The van der Waals surface area contributed by atoms with Gasteiger partial charge in [-0.3, -0.25) is 9.59 Å². The van der Waals surface area contributed by atoms with Gasteiger partial charge in [-0.25, -0.2) is 4.79 Å². The van der Waals surface area contributed by atoms with E-state index in [0.717, 1.165) is 15.9 Å². The van der Waals surface area contributed by atoms with Gasteiger partial charge in [0.05, 0.1) is 6.42 Å². The van der Waals surface area contributed by atoms with Crippen LogP contribution >= 0.6 is 6.89 Å². The third kappa shape index (κ3) is 4.12. The fourth-order valence-electron chi connectivity index (χ4n) is 3.58. The zero-order valence-corrected chi connectivity index (χ0v) is 17.0. The molecule has 3 rings (SSSR count). The standard InChI is InChI=1S/C24H21O5P/c25-21(16-17-22(26)27)23(24(28)29)30(18-10-4-1-5-11-18,19-12-6-2-7-13-19)20-14-8-3-9-15-20/h1-15H,16-17H2,(H,26,27)(H,28,29). The number of hydrogen-bond acceptors (Lipinski definition) is 3. The summed E-state index contributed by atoms with van der Waals surface area (Å²) in [6, 6.07) is 27.4. The molecule has 0 aliphatic heterocycles. The highest BCUT2D eigenvalue weighted by Crippen LogP contribution is 2.46. The molecule has 0 saturated heterocycles. The lowest BCUT2D eigenvalue weighted by Crippen LogP contribution is -2.37. The van der Waals surface area contributed by atoms with Crippen LogP contribution in [0.25, 0.3) is 0 Å². The molecule has 3 aromatic rings. The second-order valence-corrected chi connectivity index (χ2v) is 9.99. The maximum absolute atomic E-state index is 13.2. The molecule has 0 unspecified atom stereocenters. The highest BCUT2D eigenvalue weighted by molar-refractivity contribution is 7.97. The molecule has 0 saturated carbocycles. The van der Waals surface area contributed by atoms with Crippen LogP contribution in [0.3, 0.4) is 0 Å². The molecule has 0 atom stereocenters. The van der Waals surface area contributed by atoms with Gasteiger partial charge in [0, 0.05) is 6.42 Å². The van der Waals surface area contributed by atoms with Crippen molar-refractivity contribution in [3.8, 4) is 0 Å². The highest BCUT2D eigenvalue weighted by atomic mass is 31.2. The number of rotatable bonds is 8. The van der Waals surface area contributed by atoms with Crippen molar-refractivity contribution in [3.63, 3.8) is 0 Å². The first kappa shape index (κ1) is 21.3. The van der Waals surface area contributed by atoms with Crippen LogP contribution in [0.4, 0.5) is 0 Å². The van der Waals surface area contributed by atoms with Gasteiger partial charge >= 0.3 is 11.9 Å². The maximum Gasteiger partial charge on any atom is 0.340 e. The van der Waals surface area contributed by atoms with Crippen LogP contribution in [-0.2, 0) is 14.4 Å². The van der Waals surface area contributed by atoms with Crippen LogP contribution in [0.15, 0.2) is 91.0 Å². The Bertz CT molecular complexity index is 1000. The van der Waals surface area contributed by atoms with E-state index >= 15 is 0 Å². The van der Waals surface area contributed by atoms with E-state index in [-0.39, 0.29) is 11.7 Å². The average Bonchev–Trinajstić information content (AvgIpc) is 2.77. The van der Waals surface area contributed by atoms with Crippen molar-refractivity contribution in [1.82, 2.24) is 0 Å². The Morgan fingerprint density at radius 2 is 0.967 bits per heavy atom. The van der Waals surface area contributed by atoms with Gasteiger partial charge in [-0.15, -0.1) is 0 Å². The van der Waals surface area contributed by atoms with Gasteiger partial charge in [-0.2, -0.15) is 0 Å². The summed E-state index contributed by atoms with van der Waals surface area (Å²) < 4.78 is 0. The topological polar surface area (TPSA) is 91.7 Å². The second kappa shape index (κ2) is 9.38. The van der Waals surface area contributed by atoms with E-state index in [1.54, 1.807) is 0 Å². The first-order chi connectivity index (χ1) is 14.5. The summed E-state index contributed by atoms with van der Waals surface area (Å²) in [5, 5.41) is 21.2. The molecule has 0 fully saturated rings. The van der Waals surface area contributed by atoms with Crippen LogP contribution in [-0.4, -0.2) is 33.2 Å². The average molecular weight is 420 g/mol. The number of carboxylic acid groups (broad SMARTS) is 2. The summed E-state index contributed by atoms with van der Waals surface area (Å²) in [6.07, 6.45) is -0.792. The summed E-state index contributed by atoms with van der Waals surface area (Å²) in [5.74, 6) is -3.12. The maximum atomic E-state index is 13.2. The third-order valence-electron chi connectivity index (χ3n) is 4.80. The van der Waals surface area contributed by atoms with Crippen LogP contribution < -0.4 is 15.9 Å². The van der Waals surface area contributed by atoms with Gasteiger partial charge in [0.2, 0.25) is 0 Å². The molecule has 0 aliphatic carbocycles. The minimum atomic E-state index is -3.06. The van der Waals surface area contributed by atoms with E-state index < -0.39 is 31.0 Å². The van der Waals surface area contributed by atoms with E-state index in [9.17, 15) is 19.5 Å². The molecule has 0 heterocycles. The van der Waals surface area contributed by atoms with Crippen LogP contribution in [0.1, 0.15) is 12.8 Å². The number of carboxylic acids is 2. The zero-order valence-electron chi connectivity index (χ0n) is 16.1. The highest BCUT2D eigenvalue weighted by Gasteiger charge is 2.36. The van der Waals surface area contributed by atoms with Gasteiger partial charge in [0.1, 0.15) is 5.29 Å². The van der Waals surface area contributed by atoms with Crippen molar-refractivity contribution in [2.45, 2.75) is 12.8 Å². The summed E-state index contributed by atoms with van der Waals surface area (Å²) in [4.78, 5) is 36.8. The SMILES string of the molecule is O=C(O)CCC(=O)C(C(=O)O)=P(c1ccccc1)(c1ccccc1)c1ccccc1. The van der Waals surface area contributed by atoms with E-state index in [1.807, 2.05) is 91.0 Å². The lowest BCUT2D eigenvalue weighted by atomic mass is 10.2. The van der Waals surface area contributed by atoms with Gasteiger partial charge < -0.3 is 10.2 Å². The predicted octanol–water partition coefficient (Wildman–Crippen LogP) is 2.67. The normalized spacial score (nSPS) is 10.9. The number of carbonyl (C=O) groups excluding carboxylic acids is 1. The first-order valence-electron chi connectivity index (χ1n) is 9.39. The Balaban J connectivity index is 2.52. The number of ketones is 1. The summed E-state index contributed by atoms with van der Waals surface area (Å²) >= 11 is 0. The Kier molecular flexibility index (Phi) is 6.65. The lowest BCUT2D eigenvalue weighted by molar-refractivity contribution is -0.138. The van der Waals surface area contributed by atoms with Gasteiger partial charge in [0.25, 0.3) is 0 Å². The van der Waals surface area contributed by atoms with Crippen LogP contribution in [0, 0.1) is 0 Å². The molecule has 0 amide bonds. The van der Waals surface area contributed by atoms with Crippen LogP contribution in [0.2, 0.25) is 0 Å². The summed E-state index contributed by atoms with van der Waals surface area (Å²) in [7, 11) is 0. The van der Waals surface area contributed by atoms with Gasteiger partial charge in [0.15, 0.2) is 5.78 Å². The number of carbonyl (C=O) groups is 3. The van der Waals surface area contributed by atoms with E-state index in [1.165, 1.54) is 0 Å². The third-order valence-corrected chi connectivity index (χ3v) is 9.13. The van der Waals surface area contributed by atoms with E-state index in [4.69, 9.17) is 5.11 Å². The number of Topliss-reactive ketones (excluding diaryl/α,β-unsaturated/α-hetero) is 1. The van der Waals surface area contributed by atoms with Crippen molar-refractivity contribution < 1.29 is 24.6 Å². The molecule has 6 heteroatoms. The van der Waals surface area contributed by atoms with Crippen molar-refractivity contribution in [3.05, 3.63) is 91.0 Å². The zero-order chi connectivity index (χ0) is 21.6. The number of aliphatic carboxylic acids is 2. The molecule has 0 bridgehead atoms. The fourth-order valence-corrected chi connectivity index (χ4v) is 7.88. The van der Waals surface area contributed by atoms with Crippen molar-refractivity contribution in [2.75, 3.05) is 0 Å². The minimum absolute atomic E-state index is 0.257. The molecule has 0 spiro atoms. The predicted molar refractivity (Wildman–Crippen MR) is 120 cm³/mol. The molecular weight excluding hydrogens is 399 g/mol. The Hall–Kier alpha value is -3.43.